The summed E-state index contributed by atoms with van der Waals surface area (Å²) in [4.78, 5) is 15.0. The van der Waals surface area contributed by atoms with Crippen molar-refractivity contribution in [2.75, 3.05) is 13.1 Å². The number of hydrogen-bond donors (Lipinski definition) is 1. The number of carbonyl (C=O) groups excluding carboxylic acids is 1. The molecule has 3 nitrogen and oxygen atoms in total. The second-order valence-corrected chi connectivity index (χ2v) is 5.54. The van der Waals surface area contributed by atoms with Gasteiger partial charge in [-0.2, -0.15) is 0 Å². The molecule has 0 radical (unpaired) electrons. The van der Waals surface area contributed by atoms with Crippen molar-refractivity contribution >= 4 is 17.4 Å². The zero-order chi connectivity index (χ0) is 12.7. The molecule has 1 N–H and O–H groups in total. The summed E-state index contributed by atoms with van der Waals surface area (Å²) in [6.45, 7) is 8.55. The Bertz CT molecular complexity index is 322. The topological polar surface area (TPSA) is 32.3 Å². The van der Waals surface area contributed by atoms with Crippen LogP contribution < -0.4 is 5.32 Å². The molecule has 17 heavy (non-hydrogen) atoms. The third kappa shape index (κ3) is 5.22. The van der Waals surface area contributed by atoms with Crippen molar-refractivity contribution in [2.24, 2.45) is 5.92 Å². The number of rotatable bonds is 6. The van der Waals surface area contributed by atoms with Gasteiger partial charge >= 0.3 is 6.03 Å². The highest BCUT2D eigenvalue weighted by atomic mass is 32.1. The number of carbonyl (C=O) groups is 1. The molecule has 0 aromatic carbocycles. The maximum absolute atomic E-state index is 11.9. The van der Waals surface area contributed by atoms with Gasteiger partial charge in [0.2, 0.25) is 0 Å². The van der Waals surface area contributed by atoms with Crippen LogP contribution in [0.3, 0.4) is 0 Å². The van der Waals surface area contributed by atoms with Gasteiger partial charge in [-0.1, -0.05) is 19.9 Å². The minimum absolute atomic E-state index is 0.0431. The van der Waals surface area contributed by atoms with Crippen molar-refractivity contribution in [1.82, 2.24) is 10.2 Å². The Morgan fingerprint density at radius 2 is 2.29 bits per heavy atom. The van der Waals surface area contributed by atoms with E-state index in [1.54, 1.807) is 11.3 Å². The Kier molecular flexibility index (Phi) is 6.05. The quantitative estimate of drug-likeness (QED) is 0.830. The van der Waals surface area contributed by atoms with Crippen LogP contribution in [0.2, 0.25) is 0 Å². The fourth-order valence-corrected chi connectivity index (χ4v) is 2.22. The van der Waals surface area contributed by atoms with E-state index >= 15 is 0 Å². The fourth-order valence-electron chi connectivity index (χ4n) is 1.50. The molecular weight excluding hydrogens is 232 g/mol. The largest absolute Gasteiger partial charge is 0.338 e. The second kappa shape index (κ2) is 7.33. The van der Waals surface area contributed by atoms with E-state index in [0.717, 1.165) is 19.5 Å². The second-order valence-electron chi connectivity index (χ2n) is 4.51. The monoisotopic (exact) mass is 254 g/mol. The first-order valence-corrected chi connectivity index (χ1v) is 7.06. The molecule has 1 rings (SSSR count). The molecule has 0 atom stereocenters. The number of urea groups is 1. The van der Waals surface area contributed by atoms with Crippen LogP contribution in [0.25, 0.3) is 0 Å². The predicted molar refractivity (Wildman–Crippen MR) is 73.3 cm³/mol. The third-order valence-electron chi connectivity index (χ3n) is 2.59. The number of nitrogens with zero attached hydrogens (tertiary/aromatic N) is 1. The lowest BCUT2D eigenvalue weighted by molar-refractivity contribution is 0.198. The Morgan fingerprint density at radius 1 is 1.53 bits per heavy atom. The van der Waals surface area contributed by atoms with Crippen molar-refractivity contribution < 1.29 is 4.79 Å². The summed E-state index contributed by atoms with van der Waals surface area (Å²) in [7, 11) is 0. The van der Waals surface area contributed by atoms with Crippen molar-refractivity contribution in [2.45, 2.75) is 33.7 Å². The summed E-state index contributed by atoms with van der Waals surface area (Å²) in [5, 5.41) is 5.01. The maximum Gasteiger partial charge on any atom is 0.317 e. The molecule has 0 saturated carbocycles. The fraction of sp³-hybridized carbons (Fsp3) is 0.615. The molecule has 1 aromatic heterocycles. The van der Waals surface area contributed by atoms with Crippen LogP contribution in [-0.4, -0.2) is 24.0 Å². The van der Waals surface area contributed by atoms with Crippen LogP contribution in [0.5, 0.6) is 0 Å². The molecule has 2 amide bonds. The van der Waals surface area contributed by atoms with Crippen LogP contribution in [0, 0.1) is 5.92 Å². The van der Waals surface area contributed by atoms with E-state index in [2.05, 4.69) is 25.2 Å². The molecule has 1 heterocycles. The van der Waals surface area contributed by atoms with Gasteiger partial charge in [-0.05, 0) is 30.7 Å². The van der Waals surface area contributed by atoms with Crippen LogP contribution in [0.15, 0.2) is 17.5 Å². The smallest absolute Gasteiger partial charge is 0.317 e. The van der Waals surface area contributed by atoms with Crippen LogP contribution in [-0.2, 0) is 6.54 Å². The highest BCUT2D eigenvalue weighted by Gasteiger charge is 2.11. The van der Waals surface area contributed by atoms with Crippen molar-refractivity contribution in [1.29, 1.82) is 0 Å². The predicted octanol–water partition coefficient (Wildman–Crippen LogP) is 3.33. The third-order valence-corrected chi connectivity index (χ3v) is 3.45. The maximum atomic E-state index is 11.9. The standard InChI is InChI=1S/C13H22N2OS/c1-4-15(10-12-6-5-9-17-12)13(16)14-8-7-11(2)3/h5-6,9,11H,4,7-8,10H2,1-3H3,(H,14,16). The van der Waals surface area contributed by atoms with Crippen LogP contribution in [0.1, 0.15) is 32.1 Å². The molecule has 0 aliphatic carbocycles. The van der Waals surface area contributed by atoms with Crippen molar-refractivity contribution in [3.63, 3.8) is 0 Å². The highest BCUT2D eigenvalue weighted by Crippen LogP contribution is 2.11. The summed E-state index contributed by atoms with van der Waals surface area (Å²) in [6, 6.07) is 4.13. The van der Waals surface area contributed by atoms with Crippen LogP contribution in [0.4, 0.5) is 4.79 Å². The van der Waals surface area contributed by atoms with E-state index in [-0.39, 0.29) is 6.03 Å². The lowest BCUT2D eigenvalue weighted by atomic mass is 10.1. The van der Waals surface area contributed by atoms with Gasteiger partial charge in [0.25, 0.3) is 0 Å². The number of thiophene rings is 1. The first-order valence-electron chi connectivity index (χ1n) is 6.18. The number of hydrogen-bond acceptors (Lipinski definition) is 2. The van der Waals surface area contributed by atoms with E-state index in [1.807, 2.05) is 23.3 Å². The van der Waals surface area contributed by atoms with Gasteiger partial charge in [0.1, 0.15) is 0 Å². The Morgan fingerprint density at radius 3 is 2.82 bits per heavy atom. The molecule has 0 spiro atoms. The average Bonchev–Trinajstić information content (AvgIpc) is 2.77. The molecule has 0 aliphatic rings. The summed E-state index contributed by atoms with van der Waals surface area (Å²) in [5.74, 6) is 0.627. The Balaban J connectivity index is 2.36. The highest BCUT2D eigenvalue weighted by molar-refractivity contribution is 7.09. The van der Waals surface area contributed by atoms with E-state index in [1.165, 1.54) is 4.88 Å². The summed E-state index contributed by atoms with van der Waals surface area (Å²) >= 11 is 1.69. The first kappa shape index (κ1) is 14.0. The molecule has 96 valence electrons. The lowest BCUT2D eigenvalue weighted by Gasteiger charge is -2.21. The minimum Gasteiger partial charge on any atom is -0.338 e. The Labute approximate surface area is 108 Å². The Hall–Kier alpha value is -1.03. The zero-order valence-corrected chi connectivity index (χ0v) is 11.7. The SMILES string of the molecule is CCN(Cc1cccs1)C(=O)NCCC(C)C. The lowest BCUT2D eigenvalue weighted by Crippen LogP contribution is -2.39. The van der Waals surface area contributed by atoms with E-state index in [4.69, 9.17) is 0 Å². The summed E-state index contributed by atoms with van der Waals surface area (Å²) in [5.41, 5.74) is 0. The summed E-state index contributed by atoms with van der Waals surface area (Å²) in [6.07, 6.45) is 1.03. The first-order chi connectivity index (χ1) is 8.13. The van der Waals surface area contributed by atoms with Crippen molar-refractivity contribution in [3.8, 4) is 0 Å². The normalized spacial score (nSPS) is 10.6. The minimum atomic E-state index is 0.0431. The van der Waals surface area contributed by atoms with Gasteiger partial charge in [0.15, 0.2) is 0 Å². The molecule has 0 saturated heterocycles. The van der Waals surface area contributed by atoms with E-state index < -0.39 is 0 Å². The number of amides is 2. The molecule has 0 bridgehead atoms. The van der Waals surface area contributed by atoms with Crippen molar-refractivity contribution in [3.05, 3.63) is 22.4 Å². The molecule has 0 fully saturated rings. The van der Waals surface area contributed by atoms with Gasteiger partial charge in [0.05, 0.1) is 6.54 Å². The van der Waals surface area contributed by atoms with Gasteiger partial charge < -0.3 is 10.2 Å². The molecule has 0 aliphatic heterocycles. The molecule has 0 unspecified atom stereocenters. The van der Waals surface area contributed by atoms with Gasteiger partial charge in [0, 0.05) is 18.0 Å². The zero-order valence-electron chi connectivity index (χ0n) is 10.9. The molecule has 4 heteroatoms. The van der Waals surface area contributed by atoms with Gasteiger partial charge in [-0.15, -0.1) is 11.3 Å². The van der Waals surface area contributed by atoms with Crippen LogP contribution >= 0.6 is 11.3 Å². The molecular formula is C13H22N2OS. The van der Waals surface area contributed by atoms with E-state index in [9.17, 15) is 4.79 Å². The van der Waals surface area contributed by atoms with E-state index in [0.29, 0.717) is 12.5 Å². The van der Waals surface area contributed by atoms with Gasteiger partial charge in [-0.3, -0.25) is 0 Å². The summed E-state index contributed by atoms with van der Waals surface area (Å²) < 4.78 is 0. The number of nitrogens with one attached hydrogen (secondary N) is 1. The van der Waals surface area contributed by atoms with Gasteiger partial charge in [-0.25, -0.2) is 4.79 Å². The molecule has 1 aromatic rings. The average molecular weight is 254 g/mol.